The summed E-state index contributed by atoms with van der Waals surface area (Å²) in [5.41, 5.74) is 5.05. The highest BCUT2D eigenvalue weighted by Crippen LogP contribution is 2.29. The summed E-state index contributed by atoms with van der Waals surface area (Å²) >= 11 is 6.12. The van der Waals surface area contributed by atoms with E-state index < -0.39 is 0 Å². The molecule has 0 amide bonds. The molecular formula is C20H18ClNO. The van der Waals surface area contributed by atoms with E-state index in [2.05, 4.69) is 18.7 Å². The van der Waals surface area contributed by atoms with Crippen molar-refractivity contribution in [2.24, 2.45) is 7.05 Å². The molecule has 1 aromatic heterocycles. The Kier molecular flexibility index (Phi) is 4.10. The Morgan fingerprint density at radius 3 is 2.65 bits per heavy atom. The fourth-order valence-electron chi connectivity index (χ4n) is 2.86. The molecule has 0 saturated heterocycles. The van der Waals surface area contributed by atoms with Crippen LogP contribution in [0.3, 0.4) is 0 Å². The van der Waals surface area contributed by atoms with E-state index in [0.29, 0.717) is 5.02 Å². The van der Waals surface area contributed by atoms with Gasteiger partial charge in [0.1, 0.15) is 0 Å². The Labute approximate surface area is 140 Å². The minimum absolute atomic E-state index is 0.0277. The third-order valence-corrected chi connectivity index (χ3v) is 4.19. The monoisotopic (exact) mass is 323 g/mol. The zero-order valence-corrected chi connectivity index (χ0v) is 14.0. The number of halogens is 1. The molecule has 2 aromatic carbocycles. The number of fused-ring (bicyclic) bond motifs is 1. The summed E-state index contributed by atoms with van der Waals surface area (Å²) in [4.78, 5) is 12.3. The van der Waals surface area contributed by atoms with E-state index in [-0.39, 0.29) is 5.56 Å². The van der Waals surface area contributed by atoms with Crippen LogP contribution in [0.2, 0.25) is 5.02 Å². The van der Waals surface area contributed by atoms with Gasteiger partial charge >= 0.3 is 0 Å². The van der Waals surface area contributed by atoms with E-state index in [1.807, 2.05) is 37.3 Å². The van der Waals surface area contributed by atoms with E-state index in [1.54, 1.807) is 17.7 Å². The first kappa shape index (κ1) is 15.6. The van der Waals surface area contributed by atoms with Crippen molar-refractivity contribution < 1.29 is 0 Å². The second kappa shape index (κ2) is 6.05. The fraction of sp³-hybridized carbons (Fsp3) is 0.150. The topological polar surface area (TPSA) is 22.0 Å². The van der Waals surface area contributed by atoms with Crippen molar-refractivity contribution in [2.45, 2.75) is 13.3 Å². The third kappa shape index (κ3) is 3.08. The number of nitrogens with zero attached hydrogens (tertiary/aromatic N) is 1. The lowest BCUT2D eigenvalue weighted by atomic mass is 9.98. The first-order valence-corrected chi connectivity index (χ1v) is 7.86. The molecule has 0 unspecified atom stereocenters. The van der Waals surface area contributed by atoms with Gasteiger partial charge in [0.2, 0.25) is 0 Å². The minimum atomic E-state index is -0.0277. The predicted molar refractivity (Wildman–Crippen MR) is 98.2 cm³/mol. The lowest BCUT2D eigenvalue weighted by molar-refractivity contribution is 0.906. The van der Waals surface area contributed by atoms with Crippen LogP contribution in [0.4, 0.5) is 0 Å². The van der Waals surface area contributed by atoms with Gasteiger partial charge < -0.3 is 4.57 Å². The van der Waals surface area contributed by atoms with Crippen LogP contribution >= 0.6 is 11.6 Å². The Morgan fingerprint density at radius 2 is 1.96 bits per heavy atom. The summed E-state index contributed by atoms with van der Waals surface area (Å²) < 4.78 is 1.67. The highest BCUT2D eigenvalue weighted by Gasteiger charge is 2.10. The second-order valence-electron chi connectivity index (χ2n) is 5.95. The molecule has 3 rings (SSSR count). The SMILES string of the molecule is C=C(C)Cc1ccc2c(c1)c(-c1cccc(Cl)c1)cc(=O)n2C. The highest BCUT2D eigenvalue weighted by molar-refractivity contribution is 6.30. The molecular weight excluding hydrogens is 306 g/mol. The van der Waals surface area contributed by atoms with Crippen molar-refractivity contribution in [3.63, 3.8) is 0 Å². The first-order valence-electron chi connectivity index (χ1n) is 7.48. The number of hydrogen-bond donors (Lipinski definition) is 0. The number of pyridine rings is 1. The van der Waals surface area contributed by atoms with Gasteiger partial charge in [0.15, 0.2) is 0 Å². The molecule has 0 spiro atoms. The Morgan fingerprint density at radius 1 is 1.17 bits per heavy atom. The molecule has 0 N–H and O–H groups in total. The first-order chi connectivity index (χ1) is 11.0. The predicted octanol–water partition coefficient (Wildman–Crippen LogP) is 4.98. The average molecular weight is 324 g/mol. The van der Waals surface area contributed by atoms with Gasteiger partial charge in [-0.1, -0.05) is 42.0 Å². The molecule has 0 fully saturated rings. The number of allylic oxidation sites excluding steroid dienone is 1. The van der Waals surface area contributed by atoms with Crippen LogP contribution in [-0.4, -0.2) is 4.57 Å². The highest BCUT2D eigenvalue weighted by atomic mass is 35.5. The van der Waals surface area contributed by atoms with Crippen LogP contribution < -0.4 is 5.56 Å². The zero-order valence-electron chi connectivity index (χ0n) is 13.3. The number of aromatic nitrogens is 1. The number of rotatable bonds is 3. The summed E-state index contributed by atoms with van der Waals surface area (Å²) in [6.07, 6.45) is 0.827. The molecule has 2 nitrogen and oxygen atoms in total. The number of hydrogen-bond acceptors (Lipinski definition) is 1. The molecule has 116 valence electrons. The normalized spacial score (nSPS) is 10.9. The van der Waals surface area contributed by atoms with Gasteiger partial charge in [-0.2, -0.15) is 0 Å². The number of aryl methyl sites for hydroxylation is 1. The molecule has 0 radical (unpaired) electrons. The molecule has 0 aliphatic carbocycles. The van der Waals surface area contributed by atoms with Gasteiger partial charge in [0, 0.05) is 23.5 Å². The molecule has 3 heteroatoms. The van der Waals surface area contributed by atoms with Gasteiger partial charge in [-0.25, -0.2) is 0 Å². The lowest BCUT2D eigenvalue weighted by Gasteiger charge is -2.12. The quantitative estimate of drug-likeness (QED) is 0.623. The van der Waals surface area contributed by atoms with Crippen LogP contribution in [0, 0.1) is 0 Å². The van der Waals surface area contributed by atoms with Crippen LogP contribution in [0.25, 0.3) is 22.0 Å². The van der Waals surface area contributed by atoms with Gasteiger partial charge in [-0.05, 0) is 54.3 Å². The minimum Gasteiger partial charge on any atom is -0.311 e. The largest absolute Gasteiger partial charge is 0.311 e. The molecule has 0 atom stereocenters. The third-order valence-electron chi connectivity index (χ3n) is 3.95. The fourth-order valence-corrected chi connectivity index (χ4v) is 3.05. The summed E-state index contributed by atoms with van der Waals surface area (Å²) in [6, 6.07) is 15.5. The Balaban J connectivity index is 2.33. The van der Waals surface area contributed by atoms with Gasteiger partial charge in [0.05, 0.1) is 5.52 Å². The van der Waals surface area contributed by atoms with Crippen molar-refractivity contribution in [1.82, 2.24) is 4.57 Å². The summed E-state index contributed by atoms with van der Waals surface area (Å²) in [7, 11) is 1.80. The van der Waals surface area contributed by atoms with Crippen LogP contribution in [0.15, 0.2) is 65.5 Å². The van der Waals surface area contributed by atoms with Crippen LogP contribution in [0.5, 0.6) is 0 Å². The zero-order chi connectivity index (χ0) is 16.6. The van der Waals surface area contributed by atoms with E-state index in [0.717, 1.165) is 34.0 Å². The standard InChI is InChI=1S/C20H18ClNO/c1-13(2)9-14-7-8-19-18(10-14)17(12-20(23)22(19)3)15-5-4-6-16(21)11-15/h4-8,10-12H,1,9H2,2-3H3. The maximum atomic E-state index is 12.3. The number of benzene rings is 2. The molecule has 0 saturated carbocycles. The maximum Gasteiger partial charge on any atom is 0.251 e. The molecule has 0 aliphatic rings. The maximum absolute atomic E-state index is 12.3. The van der Waals surface area contributed by atoms with Crippen molar-refractivity contribution in [2.75, 3.05) is 0 Å². The van der Waals surface area contributed by atoms with Gasteiger partial charge in [0.25, 0.3) is 5.56 Å². The van der Waals surface area contributed by atoms with Crippen molar-refractivity contribution in [3.8, 4) is 11.1 Å². The van der Waals surface area contributed by atoms with Gasteiger partial charge in [-0.3, -0.25) is 4.79 Å². The van der Waals surface area contributed by atoms with Crippen molar-refractivity contribution in [1.29, 1.82) is 0 Å². The van der Waals surface area contributed by atoms with Crippen LogP contribution in [0.1, 0.15) is 12.5 Å². The Hall–Kier alpha value is -2.32. The molecule has 0 bridgehead atoms. The summed E-state index contributed by atoms with van der Waals surface area (Å²) in [6.45, 7) is 6.00. The van der Waals surface area contributed by atoms with E-state index in [1.165, 1.54) is 5.56 Å². The van der Waals surface area contributed by atoms with Crippen molar-refractivity contribution >= 4 is 22.5 Å². The van der Waals surface area contributed by atoms with Crippen molar-refractivity contribution in [3.05, 3.63) is 81.6 Å². The average Bonchev–Trinajstić information content (AvgIpc) is 2.50. The molecule has 23 heavy (non-hydrogen) atoms. The lowest BCUT2D eigenvalue weighted by Crippen LogP contribution is -2.16. The van der Waals surface area contributed by atoms with Crippen LogP contribution in [-0.2, 0) is 13.5 Å². The molecule has 1 heterocycles. The molecule has 0 aliphatic heterocycles. The molecule has 3 aromatic rings. The smallest absolute Gasteiger partial charge is 0.251 e. The van der Waals surface area contributed by atoms with E-state index in [9.17, 15) is 4.79 Å². The summed E-state index contributed by atoms with van der Waals surface area (Å²) in [5.74, 6) is 0. The Bertz CT molecular complexity index is 969. The van der Waals surface area contributed by atoms with E-state index in [4.69, 9.17) is 11.6 Å². The second-order valence-corrected chi connectivity index (χ2v) is 6.39. The van der Waals surface area contributed by atoms with E-state index >= 15 is 0 Å². The van der Waals surface area contributed by atoms with Gasteiger partial charge in [-0.15, -0.1) is 0 Å². The summed E-state index contributed by atoms with van der Waals surface area (Å²) in [5, 5.41) is 1.71.